The van der Waals surface area contributed by atoms with E-state index in [0.29, 0.717) is 0 Å². The van der Waals surface area contributed by atoms with Crippen LogP contribution < -0.4 is 5.32 Å². The fraction of sp³-hybridized carbons (Fsp3) is 0.500. The summed E-state index contributed by atoms with van der Waals surface area (Å²) in [5.41, 5.74) is 0. The predicted molar refractivity (Wildman–Crippen MR) is 84.0 cm³/mol. The average Bonchev–Trinajstić information content (AvgIpc) is 3.02. The number of hydrogen-bond acceptors (Lipinski definition) is 6. The molecule has 0 unspecified atom stereocenters. The van der Waals surface area contributed by atoms with E-state index >= 15 is 0 Å². The standard InChI is InChI=1S/C12H16BrN3OS2/c1-17-8-7-14-6-2-3-11-15-16-12(19-11)9-4-5-10(13)18-9/h4-5,14H,2-3,6-8H2,1H3. The van der Waals surface area contributed by atoms with Crippen molar-refractivity contribution in [3.05, 3.63) is 20.9 Å². The quantitative estimate of drug-likeness (QED) is 0.733. The van der Waals surface area contributed by atoms with Gasteiger partial charge in [-0.25, -0.2) is 0 Å². The van der Waals surface area contributed by atoms with Gasteiger partial charge in [0.1, 0.15) is 5.01 Å². The van der Waals surface area contributed by atoms with E-state index < -0.39 is 0 Å². The Morgan fingerprint density at radius 1 is 1.26 bits per heavy atom. The molecule has 0 saturated carbocycles. The Labute approximate surface area is 129 Å². The summed E-state index contributed by atoms with van der Waals surface area (Å²) in [6.45, 7) is 2.65. The van der Waals surface area contributed by atoms with Gasteiger partial charge in [-0.1, -0.05) is 11.3 Å². The number of aryl methyl sites for hydroxylation is 1. The van der Waals surface area contributed by atoms with E-state index in [1.807, 2.05) is 6.07 Å². The maximum atomic E-state index is 4.98. The van der Waals surface area contributed by atoms with Crippen LogP contribution >= 0.6 is 38.6 Å². The molecule has 2 heterocycles. The second kappa shape index (κ2) is 8.06. The Balaban J connectivity index is 1.75. The van der Waals surface area contributed by atoms with Gasteiger partial charge >= 0.3 is 0 Å². The molecule has 0 bridgehead atoms. The van der Waals surface area contributed by atoms with E-state index in [0.717, 1.165) is 46.3 Å². The first-order chi connectivity index (χ1) is 9.29. The summed E-state index contributed by atoms with van der Waals surface area (Å²) >= 11 is 6.84. The molecule has 0 saturated heterocycles. The van der Waals surface area contributed by atoms with Gasteiger partial charge in [-0.3, -0.25) is 0 Å². The lowest BCUT2D eigenvalue weighted by Crippen LogP contribution is -2.20. The Morgan fingerprint density at radius 2 is 2.16 bits per heavy atom. The van der Waals surface area contributed by atoms with Crippen molar-refractivity contribution in [3.8, 4) is 9.88 Å². The average molecular weight is 362 g/mol. The number of halogens is 1. The zero-order valence-corrected chi connectivity index (χ0v) is 13.9. The van der Waals surface area contributed by atoms with Crippen LogP contribution in [0.3, 0.4) is 0 Å². The van der Waals surface area contributed by atoms with E-state index in [9.17, 15) is 0 Å². The second-order valence-corrected chi connectivity index (χ2v) is 7.48. The molecule has 0 aliphatic rings. The molecule has 0 spiro atoms. The van der Waals surface area contributed by atoms with Crippen LogP contribution in [0.4, 0.5) is 0 Å². The summed E-state index contributed by atoms with van der Waals surface area (Å²) in [5.74, 6) is 0. The van der Waals surface area contributed by atoms with Gasteiger partial charge in [0.05, 0.1) is 15.3 Å². The third-order valence-electron chi connectivity index (χ3n) is 2.48. The molecule has 2 rings (SSSR count). The highest BCUT2D eigenvalue weighted by Crippen LogP contribution is 2.33. The number of methoxy groups -OCH3 is 1. The number of rotatable bonds is 8. The smallest absolute Gasteiger partial charge is 0.157 e. The van der Waals surface area contributed by atoms with Gasteiger partial charge < -0.3 is 10.1 Å². The normalized spacial score (nSPS) is 11.1. The van der Waals surface area contributed by atoms with Crippen LogP contribution in [0, 0.1) is 0 Å². The van der Waals surface area contributed by atoms with Crippen molar-refractivity contribution < 1.29 is 4.74 Å². The van der Waals surface area contributed by atoms with E-state index in [1.54, 1.807) is 29.8 Å². The molecular formula is C12H16BrN3OS2. The van der Waals surface area contributed by atoms with Crippen LogP contribution in [0.25, 0.3) is 9.88 Å². The summed E-state index contributed by atoms with van der Waals surface area (Å²) < 4.78 is 6.10. The highest BCUT2D eigenvalue weighted by Gasteiger charge is 2.08. The van der Waals surface area contributed by atoms with E-state index in [4.69, 9.17) is 4.74 Å². The van der Waals surface area contributed by atoms with Crippen LogP contribution in [0.5, 0.6) is 0 Å². The second-order valence-electron chi connectivity index (χ2n) is 3.95. The van der Waals surface area contributed by atoms with Gasteiger partial charge in [0.25, 0.3) is 0 Å². The van der Waals surface area contributed by atoms with Crippen LogP contribution in [0.2, 0.25) is 0 Å². The Hall–Kier alpha value is -0.340. The Morgan fingerprint density at radius 3 is 2.89 bits per heavy atom. The van der Waals surface area contributed by atoms with Crippen LogP contribution in [0.1, 0.15) is 11.4 Å². The van der Waals surface area contributed by atoms with Crippen molar-refractivity contribution in [2.45, 2.75) is 12.8 Å². The molecular weight excluding hydrogens is 346 g/mol. The molecule has 0 radical (unpaired) electrons. The van der Waals surface area contributed by atoms with Gasteiger partial charge in [0.2, 0.25) is 0 Å². The molecule has 0 aliphatic heterocycles. The maximum Gasteiger partial charge on any atom is 0.157 e. The number of nitrogens with zero attached hydrogens (tertiary/aromatic N) is 2. The monoisotopic (exact) mass is 361 g/mol. The highest BCUT2D eigenvalue weighted by molar-refractivity contribution is 9.11. The van der Waals surface area contributed by atoms with Gasteiger partial charge in [0.15, 0.2) is 5.01 Å². The van der Waals surface area contributed by atoms with Crippen LogP contribution in [-0.2, 0) is 11.2 Å². The molecule has 2 aromatic heterocycles. The van der Waals surface area contributed by atoms with Gasteiger partial charge in [-0.05, 0) is 41.0 Å². The fourth-order valence-corrected chi connectivity index (χ4v) is 3.86. The minimum absolute atomic E-state index is 0.760. The van der Waals surface area contributed by atoms with Gasteiger partial charge in [-0.2, -0.15) is 0 Å². The summed E-state index contributed by atoms with van der Waals surface area (Å²) in [6, 6.07) is 4.12. The minimum atomic E-state index is 0.760. The lowest BCUT2D eigenvalue weighted by molar-refractivity contribution is 0.199. The van der Waals surface area contributed by atoms with Crippen molar-refractivity contribution in [1.82, 2.24) is 15.5 Å². The molecule has 2 aromatic rings. The molecule has 0 aliphatic carbocycles. The van der Waals surface area contributed by atoms with Crippen LogP contribution in [-0.4, -0.2) is 37.0 Å². The summed E-state index contributed by atoms with van der Waals surface area (Å²) in [6.07, 6.45) is 2.05. The molecule has 104 valence electrons. The summed E-state index contributed by atoms with van der Waals surface area (Å²) in [7, 11) is 1.72. The fourth-order valence-electron chi connectivity index (χ4n) is 1.55. The molecule has 0 amide bonds. The number of hydrogen-bond donors (Lipinski definition) is 1. The minimum Gasteiger partial charge on any atom is -0.383 e. The zero-order chi connectivity index (χ0) is 13.5. The maximum absolute atomic E-state index is 4.98. The van der Waals surface area contributed by atoms with Gasteiger partial charge in [-0.15, -0.1) is 21.5 Å². The van der Waals surface area contributed by atoms with E-state index in [1.165, 1.54) is 4.88 Å². The number of ether oxygens (including phenoxy) is 1. The van der Waals surface area contributed by atoms with Crippen LogP contribution in [0.15, 0.2) is 15.9 Å². The van der Waals surface area contributed by atoms with E-state index in [2.05, 4.69) is 37.5 Å². The van der Waals surface area contributed by atoms with Crippen molar-refractivity contribution in [2.75, 3.05) is 26.8 Å². The first kappa shape index (κ1) is 15.1. The third kappa shape index (κ3) is 4.92. The molecule has 4 nitrogen and oxygen atoms in total. The first-order valence-electron chi connectivity index (χ1n) is 6.07. The molecule has 7 heteroatoms. The number of nitrogens with one attached hydrogen (secondary N) is 1. The number of thiophene rings is 1. The molecule has 0 atom stereocenters. The predicted octanol–water partition coefficient (Wildman–Crippen LogP) is 3.20. The van der Waals surface area contributed by atoms with Gasteiger partial charge in [0, 0.05) is 20.1 Å². The zero-order valence-electron chi connectivity index (χ0n) is 10.7. The van der Waals surface area contributed by atoms with Crippen molar-refractivity contribution in [2.24, 2.45) is 0 Å². The van der Waals surface area contributed by atoms with Crippen molar-refractivity contribution in [1.29, 1.82) is 0 Å². The topological polar surface area (TPSA) is 47.0 Å². The lowest BCUT2D eigenvalue weighted by atomic mass is 10.3. The Bertz CT molecular complexity index is 501. The molecule has 19 heavy (non-hydrogen) atoms. The number of aromatic nitrogens is 2. The summed E-state index contributed by atoms with van der Waals surface area (Å²) in [5, 5.41) is 13.9. The lowest BCUT2D eigenvalue weighted by Gasteiger charge is -2.01. The largest absolute Gasteiger partial charge is 0.383 e. The highest BCUT2D eigenvalue weighted by atomic mass is 79.9. The molecule has 1 N–H and O–H groups in total. The first-order valence-corrected chi connectivity index (χ1v) is 8.50. The van der Waals surface area contributed by atoms with Crippen molar-refractivity contribution >= 4 is 38.6 Å². The van der Waals surface area contributed by atoms with Crippen molar-refractivity contribution in [3.63, 3.8) is 0 Å². The molecule has 0 fully saturated rings. The Kier molecular flexibility index (Phi) is 6.39. The molecule has 0 aromatic carbocycles. The summed E-state index contributed by atoms with van der Waals surface area (Å²) in [4.78, 5) is 1.17. The SMILES string of the molecule is COCCNCCCc1nnc(-c2ccc(Br)s2)s1. The third-order valence-corrected chi connectivity index (χ3v) is 5.25. The van der Waals surface area contributed by atoms with E-state index in [-0.39, 0.29) is 0 Å².